The standard InChI is InChI=1S/C13H12N4O4/c18-11-3-1-2-7(16-11)12(19)17-5-9-8(14-6-15-9)4-10(17)13(20)21/h1-3,6,10H,4-5H2,(H,14,15)(H,16,18)(H,20,21). The van der Waals surface area contributed by atoms with Gasteiger partial charge in [0, 0.05) is 12.5 Å². The van der Waals surface area contributed by atoms with Gasteiger partial charge in [-0.3, -0.25) is 9.59 Å². The molecule has 2 aromatic rings. The van der Waals surface area contributed by atoms with Crippen LogP contribution in [0.5, 0.6) is 0 Å². The molecule has 3 rings (SSSR count). The van der Waals surface area contributed by atoms with Crippen molar-refractivity contribution in [2.45, 2.75) is 19.0 Å². The molecule has 0 spiro atoms. The molecule has 0 saturated carbocycles. The van der Waals surface area contributed by atoms with Crippen molar-refractivity contribution in [1.29, 1.82) is 0 Å². The Morgan fingerprint density at radius 1 is 1.38 bits per heavy atom. The number of aromatic amines is 2. The van der Waals surface area contributed by atoms with Crippen LogP contribution in [0.3, 0.4) is 0 Å². The van der Waals surface area contributed by atoms with Gasteiger partial charge in [-0.05, 0) is 6.07 Å². The number of H-pyrrole nitrogens is 2. The monoisotopic (exact) mass is 288 g/mol. The summed E-state index contributed by atoms with van der Waals surface area (Å²) in [4.78, 5) is 45.7. The summed E-state index contributed by atoms with van der Waals surface area (Å²) in [6, 6.07) is 3.18. The van der Waals surface area contributed by atoms with E-state index in [-0.39, 0.29) is 18.7 Å². The second-order valence-corrected chi connectivity index (χ2v) is 4.75. The molecule has 0 aromatic carbocycles. The molecule has 1 amide bonds. The summed E-state index contributed by atoms with van der Waals surface area (Å²) < 4.78 is 0. The Balaban J connectivity index is 1.97. The minimum Gasteiger partial charge on any atom is -0.480 e. The largest absolute Gasteiger partial charge is 0.480 e. The second kappa shape index (κ2) is 4.89. The van der Waals surface area contributed by atoms with Gasteiger partial charge in [0.1, 0.15) is 11.7 Å². The first-order valence-electron chi connectivity index (χ1n) is 6.30. The minimum absolute atomic E-state index is 0.0664. The molecular weight excluding hydrogens is 276 g/mol. The number of aromatic nitrogens is 3. The number of rotatable bonds is 2. The van der Waals surface area contributed by atoms with Crippen molar-refractivity contribution in [3.63, 3.8) is 0 Å². The lowest BCUT2D eigenvalue weighted by Crippen LogP contribution is -2.49. The Morgan fingerprint density at radius 3 is 2.90 bits per heavy atom. The molecular formula is C13H12N4O4. The lowest BCUT2D eigenvalue weighted by atomic mass is 10.0. The Kier molecular flexibility index (Phi) is 3.05. The fourth-order valence-corrected chi connectivity index (χ4v) is 2.40. The van der Waals surface area contributed by atoms with Gasteiger partial charge in [-0.25, -0.2) is 9.78 Å². The average molecular weight is 288 g/mol. The lowest BCUT2D eigenvalue weighted by molar-refractivity contribution is -0.142. The molecule has 3 heterocycles. The molecule has 3 N–H and O–H groups in total. The number of amides is 1. The Labute approximate surface area is 118 Å². The Morgan fingerprint density at radius 2 is 2.19 bits per heavy atom. The van der Waals surface area contributed by atoms with Gasteiger partial charge in [-0.2, -0.15) is 0 Å². The van der Waals surface area contributed by atoms with Crippen molar-refractivity contribution in [3.8, 4) is 0 Å². The van der Waals surface area contributed by atoms with Gasteiger partial charge >= 0.3 is 5.97 Å². The van der Waals surface area contributed by atoms with Gasteiger partial charge in [0.25, 0.3) is 5.91 Å². The Bertz CT molecular complexity index is 763. The molecule has 1 aliphatic rings. The molecule has 8 nitrogen and oxygen atoms in total. The van der Waals surface area contributed by atoms with Crippen LogP contribution in [0.15, 0.2) is 29.3 Å². The maximum atomic E-state index is 12.5. The van der Waals surface area contributed by atoms with Gasteiger partial charge in [0.05, 0.1) is 24.3 Å². The molecule has 108 valence electrons. The van der Waals surface area contributed by atoms with Gasteiger partial charge < -0.3 is 20.0 Å². The number of pyridine rings is 1. The SMILES string of the molecule is O=C(O)C1Cc2nc[nH]c2CN1C(=O)c1cccc(=O)[nH]1. The zero-order valence-electron chi connectivity index (χ0n) is 10.9. The normalized spacial score (nSPS) is 17.3. The van der Waals surface area contributed by atoms with Crippen molar-refractivity contribution in [1.82, 2.24) is 19.9 Å². The number of hydrogen-bond donors (Lipinski definition) is 3. The zero-order valence-corrected chi connectivity index (χ0v) is 10.9. The van der Waals surface area contributed by atoms with Gasteiger partial charge in [0.15, 0.2) is 0 Å². The first kappa shape index (κ1) is 13.1. The van der Waals surface area contributed by atoms with Crippen LogP contribution < -0.4 is 5.56 Å². The minimum atomic E-state index is -1.10. The third kappa shape index (κ3) is 2.31. The lowest BCUT2D eigenvalue weighted by Gasteiger charge is -2.32. The molecule has 8 heteroatoms. The smallest absolute Gasteiger partial charge is 0.326 e. The van der Waals surface area contributed by atoms with E-state index in [0.29, 0.717) is 11.4 Å². The van der Waals surface area contributed by atoms with Crippen LogP contribution in [0, 0.1) is 0 Å². The Hall–Kier alpha value is -2.90. The maximum Gasteiger partial charge on any atom is 0.326 e. The van der Waals surface area contributed by atoms with E-state index in [0.717, 1.165) is 0 Å². The fourth-order valence-electron chi connectivity index (χ4n) is 2.40. The van der Waals surface area contributed by atoms with Crippen molar-refractivity contribution >= 4 is 11.9 Å². The molecule has 0 radical (unpaired) electrons. The van der Waals surface area contributed by atoms with Crippen molar-refractivity contribution in [2.75, 3.05) is 0 Å². The molecule has 1 unspecified atom stereocenters. The molecule has 1 aliphatic heterocycles. The van der Waals surface area contributed by atoms with Crippen LogP contribution in [0.1, 0.15) is 21.9 Å². The van der Waals surface area contributed by atoms with E-state index in [1.807, 2.05) is 0 Å². The van der Waals surface area contributed by atoms with Crippen LogP contribution in [0.25, 0.3) is 0 Å². The fraction of sp³-hybridized carbons (Fsp3) is 0.231. The predicted molar refractivity (Wildman–Crippen MR) is 70.7 cm³/mol. The number of nitrogens with zero attached hydrogens (tertiary/aromatic N) is 2. The molecule has 1 atom stereocenters. The number of aliphatic carboxylic acids is 1. The first-order valence-corrected chi connectivity index (χ1v) is 6.30. The van der Waals surface area contributed by atoms with Crippen molar-refractivity contribution in [3.05, 3.63) is 52.0 Å². The maximum absolute atomic E-state index is 12.5. The highest BCUT2D eigenvalue weighted by atomic mass is 16.4. The molecule has 2 aromatic heterocycles. The van der Waals surface area contributed by atoms with Crippen LogP contribution in [0.2, 0.25) is 0 Å². The van der Waals surface area contributed by atoms with Gasteiger partial charge in [-0.1, -0.05) is 6.07 Å². The zero-order chi connectivity index (χ0) is 15.0. The number of hydrogen-bond acceptors (Lipinski definition) is 4. The van der Waals surface area contributed by atoms with Crippen LogP contribution in [0.4, 0.5) is 0 Å². The third-order valence-electron chi connectivity index (χ3n) is 3.44. The number of carbonyl (C=O) groups is 2. The van der Waals surface area contributed by atoms with Crippen molar-refractivity contribution < 1.29 is 14.7 Å². The van der Waals surface area contributed by atoms with E-state index in [9.17, 15) is 19.5 Å². The molecule has 0 saturated heterocycles. The summed E-state index contributed by atoms with van der Waals surface area (Å²) >= 11 is 0. The number of carbonyl (C=O) groups excluding carboxylic acids is 1. The first-order chi connectivity index (χ1) is 10.1. The highest BCUT2D eigenvalue weighted by molar-refractivity contribution is 5.95. The number of carboxylic acids is 1. The molecule has 21 heavy (non-hydrogen) atoms. The molecule has 0 aliphatic carbocycles. The highest BCUT2D eigenvalue weighted by Gasteiger charge is 2.36. The second-order valence-electron chi connectivity index (χ2n) is 4.75. The average Bonchev–Trinajstić information content (AvgIpc) is 2.92. The summed E-state index contributed by atoms with van der Waals surface area (Å²) in [5, 5.41) is 9.32. The molecule has 0 bridgehead atoms. The van der Waals surface area contributed by atoms with Crippen molar-refractivity contribution in [2.24, 2.45) is 0 Å². The number of nitrogens with one attached hydrogen (secondary N) is 2. The quantitative estimate of drug-likeness (QED) is 0.704. The number of carboxylic acid groups (broad SMARTS) is 1. The number of imidazole rings is 1. The van der Waals surface area contributed by atoms with Crippen LogP contribution >= 0.6 is 0 Å². The van der Waals surface area contributed by atoms with Crippen LogP contribution in [-0.4, -0.2) is 42.9 Å². The van der Waals surface area contributed by atoms with Gasteiger partial charge in [0.2, 0.25) is 5.56 Å². The summed E-state index contributed by atoms with van der Waals surface area (Å²) in [7, 11) is 0. The predicted octanol–water partition coefficient (Wildman–Crippen LogP) is -0.250. The van der Waals surface area contributed by atoms with E-state index in [4.69, 9.17) is 0 Å². The summed E-state index contributed by atoms with van der Waals surface area (Å²) in [5.41, 5.74) is 1.01. The summed E-state index contributed by atoms with van der Waals surface area (Å²) in [6.45, 7) is 0.113. The van der Waals surface area contributed by atoms with E-state index >= 15 is 0 Å². The number of fused-ring (bicyclic) bond motifs is 1. The summed E-state index contributed by atoms with van der Waals surface area (Å²) in [6.07, 6.45) is 1.61. The van der Waals surface area contributed by atoms with Crippen LogP contribution in [-0.2, 0) is 17.8 Å². The topological polar surface area (TPSA) is 119 Å². The van der Waals surface area contributed by atoms with E-state index in [2.05, 4.69) is 15.0 Å². The molecule has 0 fully saturated rings. The van der Waals surface area contributed by atoms with E-state index in [1.165, 1.54) is 29.4 Å². The van der Waals surface area contributed by atoms with E-state index in [1.54, 1.807) is 0 Å². The third-order valence-corrected chi connectivity index (χ3v) is 3.44. The summed E-state index contributed by atoms with van der Waals surface area (Å²) in [5.74, 6) is -1.63. The van der Waals surface area contributed by atoms with E-state index < -0.39 is 23.5 Å². The highest BCUT2D eigenvalue weighted by Crippen LogP contribution is 2.22. The van der Waals surface area contributed by atoms with Gasteiger partial charge in [-0.15, -0.1) is 0 Å².